The minimum Gasteiger partial charge on any atom is -0.367 e. The van der Waals surface area contributed by atoms with Crippen LogP contribution in [0, 0.1) is 5.92 Å². The van der Waals surface area contributed by atoms with E-state index < -0.39 is 0 Å². The van der Waals surface area contributed by atoms with Crippen LogP contribution in [-0.2, 0) is 11.3 Å². The zero-order valence-electron chi connectivity index (χ0n) is 12.8. The molecule has 2 aromatic rings. The summed E-state index contributed by atoms with van der Waals surface area (Å²) in [6.45, 7) is 3.00. The first-order chi connectivity index (χ1) is 10.9. The van der Waals surface area contributed by atoms with Crippen molar-refractivity contribution in [3.63, 3.8) is 0 Å². The molecule has 1 saturated heterocycles. The van der Waals surface area contributed by atoms with Gasteiger partial charge in [0.25, 0.3) is 0 Å². The second kappa shape index (κ2) is 6.19. The van der Waals surface area contributed by atoms with E-state index in [-0.39, 0.29) is 6.10 Å². The minimum atomic E-state index is 0.197. The Labute approximate surface area is 131 Å². The largest absolute Gasteiger partial charge is 0.367 e. The topological polar surface area (TPSA) is 25.4 Å². The first-order valence-electron chi connectivity index (χ1n) is 8.20. The number of morpholine rings is 1. The Balaban J connectivity index is 1.51. The van der Waals surface area contributed by atoms with Crippen molar-refractivity contribution in [2.24, 2.45) is 5.92 Å². The van der Waals surface area contributed by atoms with Crippen LogP contribution >= 0.6 is 0 Å². The van der Waals surface area contributed by atoms with E-state index >= 15 is 0 Å². The van der Waals surface area contributed by atoms with Gasteiger partial charge in [-0.15, -0.1) is 0 Å². The van der Waals surface area contributed by atoms with Crippen LogP contribution in [0.2, 0.25) is 0 Å². The van der Waals surface area contributed by atoms with Gasteiger partial charge >= 0.3 is 0 Å². The monoisotopic (exact) mass is 294 g/mol. The summed E-state index contributed by atoms with van der Waals surface area (Å²) in [7, 11) is 0. The van der Waals surface area contributed by atoms with Gasteiger partial charge in [0, 0.05) is 32.0 Å². The number of rotatable bonds is 4. The maximum atomic E-state index is 6.41. The molecule has 3 heteroatoms. The first-order valence-corrected chi connectivity index (χ1v) is 8.20. The molecule has 2 aliphatic rings. The molecule has 0 unspecified atom stereocenters. The number of pyridine rings is 1. The first kappa shape index (κ1) is 13.9. The Bertz CT molecular complexity index is 597. The van der Waals surface area contributed by atoms with Crippen LogP contribution in [0.4, 0.5) is 0 Å². The van der Waals surface area contributed by atoms with Crippen LogP contribution in [0.15, 0.2) is 54.9 Å². The molecule has 0 spiro atoms. The molecule has 0 amide bonds. The Morgan fingerprint density at radius 3 is 2.50 bits per heavy atom. The summed E-state index contributed by atoms with van der Waals surface area (Å²) in [5.74, 6) is 0.770. The smallest absolute Gasteiger partial charge is 0.0956 e. The SMILES string of the molecule is c1ccc([C@@H]2CN(Cc3ccncc3)C[C@H](C3CC3)O2)cc1. The lowest BCUT2D eigenvalue weighted by atomic mass is 10.0. The van der Waals surface area contributed by atoms with Crippen molar-refractivity contribution in [1.82, 2.24) is 9.88 Å². The molecule has 0 N–H and O–H groups in total. The van der Waals surface area contributed by atoms with Gasteiger partial charge in [0.2, 0.25) is 0 Å². The van der Waals surface area contributed by atoms with Crippen molar-refractivity contribution in [1.29, 1.82) is 0 Å². The Morgan fingerprint density at radius 1 is 1.00 bits per heavy atom. The Hall–Kier alpha value is -1.71. The summed E-state index contributed by atoms with van der Waals surface area (Å²) in [6.07, 6.45) is 7.00. The molecule has 22 heavy (non-hydrogen) atoms. The predicted octanol–water partition coefficient (Wildman–Crippen LogP) is 3.43. The number of ether oxygens (including phenoxy) is 1. The van der Waals surface area contributed by atoms with Crippen molar-refractivity contribution in [2.75, 3.05) is 13.1 Å². The van der Waals surface area contributed by atoms with Crippen LogP contribution in [0.1, 0.15) is 30.1 Å². The van der Waals surface area contributed by atoms with E-state index in [0.29, 0.717) is 6.10 Å². The van der Waals surface area contributed by atoms with Gasteiger partial charge < -0.3 is 4.74 Å². The van der Waals surface area contributed by atoms with E-state index in [2.05, 4.69) is 52.3 Å². The molecule has 3 nitrogen and oxygen atoms in total. The molecule has 0 bridgehead atoms. The lowest BCUT2D eigenvalue weighted by Gasteiger charge is -2.38. The standard InChI is InChI=1S/C19H22N2O/c1-2-4-16(5-3-1)18-13-21(12-15-8-10-20-11-9-15)14-19(22-18)17-6-7-17/h1-5,8-11,17-19H,6-7,12-14H2/t18-,19+/m0/s1. The van der Waals surface area contributed by atoms with E-state index in [1.807, 2.05) is 12.4 Å². The molecule has 1 aromatic carbocycles. The van der Waals surface area contributed by atoms with E-state index in [9.17, 15) is 0 Å². The lowest BCUT2D eigenvalue weighted by molar-refractivity contribution is -0.0986. The second-order valence-corrected chi connectivity index (χ2v) is 6.46. The molecule has 0 radical (unpaired) electrons. The molecule has 1 aliphatic carbocycles. The molecule has 1 aliphatic heterocycles. The maximum Gasteiger partial charge on any atom is 0.0956 e. The van der Waals surface area contributed by atoms with E-state index in [0.717, 1.165) is 25.6 Å². The van der Waals surface area contributed by atoms with Crippen LogP contribution in [0.3, 0.4) is 0 Å². The van der Waals surface area contributed by atoms with Crippen molar-refractivity contribution >= 4 is 0 Å². The molecule has 2 atom stereocenters. The average Bonchev–Trinajstić information content (AvgIpc) is 3.41. The summed E-state index contributed by atoms with van der Waals surface area (Å²) in [4.78, 5) is 6.65. The molecule has 114 valence electrons. The summed E-state index contributed by atoms with van der Waals surface area (Å²) in [6, 6.07) is 14.9. The highest BCUT2D eigenvalue weighted by molar-refractivity contribution is 5.19. The van der Waals surface area contributed by atoms with Crippen molar-refractivity contribution in [3.8, 4) is 0 Å². The Morgan fingerprint density at radius 2 is 1.77 bits per heavy atom. The van der Waals surface area contributed by atoms with Crippen molar-refractivity contribution < 1.29 is 4.74 Å². The molecule has 2 heterocycles. The quantitative estimate of drug-likeness (QED) is 0.864. The summed E-state index contributed by atoms with van der Waals surface area (Å²) in [5, 5.41) is 0. The molecule has 2 fully saturated rings. The minimum absolute atomic E-state index is 0.197. The highest BCUT2D eigenvalue weighted by Gasteiger charge is 2.38. The molecule has 4 rings (SSSR count). The number of aromatic nitrogens is 1. The predicted molar refractivity (Wildman–Crippen MR) is 86.3 cm³/mol. The van der Waals surface area contributed by atoms with E-state index in [1.54, 1.807) is 0 Å². The fourth-order valence-electron chi connectivity index (χ4n) is 3.32. The van der Waals surface area contributed by atoms with Gasteiger partial charge in [-0.2, -0.15) is 0 Å². The van der Waals surface area contributed by atoms with Gasteiger partial charge in [0.1, 0.15) is 0 Å². The fraction of sp³-hybridized carbons (Fsp3) is 0.421. The lowest BCUT2D eigenvalue weighted by Crippen LogP contribution is -2.44. The number of benzene rings is 1. The van der Waals surface area contributed by atoms with E-state index in [4.69, 9.17) is 4.74 Å². The van der Waals surface area contributed by atoms with Crippen LogP contribution in [0.5, 0.6) is 0 Å². The van der Waals surface area contributed by atoms with Crippen molar-refractivity contribution in [3.05, 3.63) is 66.0 Å². The molecular weight excluding hydrogens is 272 g/mol. The van der Waals surface area contributed by atoms with Crippen LogP contribution < -0.4 is 0 Å². The van der Waals surface area contributed by atoms with Crippen LogP contribution in [0.25, 0.3) is 0 Å². The van der Waals surface area contributed by atoms with Crippen LogP contribution in [-0.4, -0.2) is 29.1 Å². The summed E-state index contributed by atoms with van der Waals surface area (Å²) >= 11 is 0. The summed E-state index contributed by atoms with van der Waals surface area (Å²) in [5.41, 5.74) is 2.63. The molecular formula is C19H22N2O. The van der Waals surface area contributed by atoms with Gasteiger partial charge in [-0.25, -0.2) is 0 Å². The number of nitrogens with zero attached hydrogens (tertiary/aromatic N) is 2. The third-order valence-electron chi connectivity index (χ3n) is 4.68. The third-order valence-corrected chi connectivity index (χ3v) is 4.68. The van der Waals surface area contributed by atoms with E-state index in [1.165, 1.54) is 24.0 Å². The maximum absolute atomic E-state index is 6.41. The highest BCUT2D eigenvalue weighted by Crippen LogP contribution is 2.39. The summed E-state index contributed by atoms with van der Waals surface area (Å²) < 4.78 is 6.41. The Kier molecular flexibility index (Phi) is 3.92. The highest BCUT2D eigenvalue weighted by atomic mass is 16.5. The zero-order valence-corrected chi connectivity index (χ0v) is 12.8. The second-order valence-electron chi connectivity index (χ2n) is 6.46. The van der Waals surface area contributed by atoms with Gasteiger partial charge in [-0.1, -0.05) is 30.3 Å². The molecule has 1 aromatic heterocycles. The number of hydrogen-bond donors (Lipinski definition) is 0. The van der Waals surface area contributed by atoms with Gasteiger partial charge in [0.05, 0.1) is 12.2 Å². The zero-order chi connectivity index (χ0) is 14.8. The van der Waals surface area contributed by atoms with Crippen molar-refractivity contribution in [2.45, 2.75) is 31.6 Å². The van der Waals surface area contributed by atoms with Gasteiger partial charge in [0.15, 0.2) is 0 Å². The van der Waals surface area contributed by atoms with Gasteiger partial charge in [-0.05, 0) is 42.0 Å². The fourth-order valence-corrected chi connectivity index (χ4v) is 3.32. The van der Waals surface area contributed by atoms with Gasteiger partial charge in [-0.3, -0.25) is 9.88 Å². The third kappa shape index (κ3) is 3.21. The average molecular weight is 294 g/mol. The normalized spacial score (nSPS) is 26.0. The number of hydrogen-bond acceptors (Lipinski definition) is 3. The molecule has 1 saturated carbocycles.